The number of nitrogens with zero attached hydrogens (tertiary/aromatic N) is 1. The van der Waals surface area contributed by atoms with E-state index in [2.05, 4.69) is 15.6 Å². The predicted octanol–water partition coefficient (Wildman–Crippen LogP) is 2.02. The van der Waals surface area contributed by atoms with Gasteiger partial charge in [-0.25, -0.2) is 4.39 Å². The zero-order chi connectivity index (χ0) is 16.9. The lowest BCUT2D eigenvalue weighted by atomic mass is 10.1. The Morgan fingerprint density at radius 3 is 2.74 bits per heavy atom. The second kappa shape index (κ2) is 12.2. The zero-order valence-electron chi connectivity index (χ0n) is 14.0. The van der Waals surface area contributed by atoms with Crippen LogP contribution in [0.3, 0.4) is 0 Å². The average Bonchev–Trinajstić information content (AvgIpc) is 2.55. The number of thioether (sulfide) groups is 1. The Morgan fingerprint density at radius 1 is 1.22 bits per heavy atom. The molecule has 0 heterocycles. The van der Waals surface area contributed by atoms with Crippen LogP contribution in [0.4, 0.5) is 4.39 Å². The van der Waals surface area contributed by atoms with Crippen LogP contribution in [0.1, 0.15) is 11.1 Å². The number of hydrogen-bond acceptors (Lipinski definition) is 4. The number of aliphatic imine (C=N–C) groups is 1. The molecule has 0 atom stereocenters. The van der Waals surface area contributed by atoms with E-state index in [1.54, 1.807) is 32.0 Å². The predicted molar refractivity (Wildman–Crippen MR) is 94.5 cm³/mol. The van der Waals surface area contributed by atoms with E-state index in [1.165, 1.54) is 6.07 Å². The standard InChI is InChI=1S/C16H26FN3O2S/c1-18-16(19-6-7-22-9-8-21-2)20-11-13-4-5-15(17)10-14(13)12-23-3/h4-5,10H,6-9,11-12H2,1-3H3,(H2,18,19,20). The van der Waals surface area contributed by atoms with Crippen LogP contribution in [0.5, 0.6) is 0 Å². The summed E-state index contributed by atoms with van der Waals surface area (Å²) < 4.78 is 23.6. The van der Waals surface area contributed by atoms with Crippen molar-refractivity contribution in [1.82, 2.24) is 10.6 Å². The summed E-state index contributed by atoms with van der Waals surface area (Å²) in [5.74, 6) is 1.28. The van der Waals surface area contributed by atoms with E-state index in [1.807, 2.05) is 12.3 Å². The van der Waals surface area contributed by atoms with Crippen molar-refractivity contribution in [3.05, 3.63) is 35.1 Å². The van der Waals surface area contributed by atoms with E-state index in [-0.39, 0.29) is 5.82 Å². The molecule has 0 fully saturated rings. The topological polar surface area (TPSA) is 54.9 Å². The monoisotopic (exact) mass is 343 g/mol. The van der Waals surface area contributed by atoms with Gasteiger partial charge in [0.1, 0.15) is 5.82 Å². The number of benzene rings is 1. The quantitative estimate of drug-likeness (QED) is 0.387. The third-order valence-electron chi connectivity index (χ3n) is 3.11. The summed E-state index contributed by atoms with van der Waals surface area (Å²) in [5, 5.41) is 6.41. The van der Waals surface area contributed by atoms with Gasteiger partial charge in [0.15, 0.2) is 5.96 Å². The van der Waals surface area contributed by atoms with Gasteiger partial charge in [0.25, 0.3) is 0 Å². The van der Waals surface area contributed by atoms with Crippen molar-refractivity contribution in [1.29, 1.82) is 0 Å². The Hall–Kier alpha value is -1.31. The summed E-state index contributed by atoms with van der Waals surface area (Å²) in [5.41, 5.74) is 2.07. The van der Waals surface area contributed by atoms with E-state index < -0.39 is 0 Å². The third-order valence-corrected chi connectivity index (χ3v) is 3.71. The first kappa shape index (κ1) is 19.7. The van der Waals surface area contributed by atoms with Gasteiger partial charge < -0.3 is 20.1 Å². The Labute approximate surface area is 142 Å². The number of nitrogens with one attached hydrogen (secondary N) is 2. The molecule has 0 aliphatic carbocycles. The molecule has 0 spiro atoms. The molecule has 1 aromatic rings. The average molecular weight is 343 g/mol. The first-order chi connectivity index (χ1) is 11.2. The van der Waals surface area contributed by atoms with Crippen molar-refractivity contribution in [2.75, 3.05) is 46.8 Å². The van der Waals surface area contributed by atoms with Gasteiger partial charge in [-0.15, -0.1) is 0 Å². The van der Waals surface area contributed by atoms with Gasteiger partial charge in [-0.05, 0) is 29.5 Å². The van der Waals surface area contributed by atoms with Crippen LogP contribution < -0.4 is 10.6 Å². The lowest BCUT2D eigenvalue weighted by molar-refractivity contribution is 0.0733. The normalized spacial score (nSPS) is 11.6. The highest BCUT2D eigenvalue weighted by Gasteiger charge is 2.05. The van der Waals surface area contributed by atoms with E-state index in [0.717, 1.165) is 16.9 Å². The fraction of sp³-hybridized carbons (Fsp3) is 0.562. The van der Waals surface area contributed by atoms with Crippen molar-refractivity contribution in [2.24, 2.45) is 4.99 Å². The van der Waals surface area contributed by atoms with E-state index in [9.17, 15) is 4.39 Å². The maximum Gasteiger partial charge on any atom is 0.191 e. The van der Waals surface area contributed by atoms with Gasteiger partial charge in [-0.1, -0.05) is 6.07 Å². The second-order valence-corrected chi connectivity index (χ2v) is 5.67. The summed E-state index contributed by atoms with van der Waals surface area (Å²) in [6, 6.07) is 4.89. The van der Waals surface area contributed by atoms with Crippen LogP contribution in [0.2, 0.25) is 0 Å². The molecule has 0 bridgehead atoms. The summed E-state index contributed by atoms with van der Waals surface area (Å²) >= 11 is 1.67. The minimum atomic E-state index is -0.200. The van der Waals surface area contributed by atoms with E-state index in [0.29, 0.717) is 38.9 Å². The lowest BCUT2D eigenvalue weighted by Crippen LogP contribution is -2.38. The molecule has 2 N–H and O–H groups in total. The van der Waals surface area contributed by atoms with Crippen molar-refractivity contribution in [3.8, 4) is 0 Å². The molecule has 7 heteroatoms. The maximum absolute atomic E-state index is 13.3. The molecule has 0 aromatic heterocycles. The molecule has 130 valence electrons. The molecule has 0 saturated heterocycles. The van der Waals surface area contributed by atoms with Crippen LogP contribution in [-0.2, 0) is 21.8 Å². The first-order valence-electron chi connectivity index (χ1n) is 7.48. The van der Waals surface area contributed by atoms with Crippen molar-refractivity contribution >= 4 is 17.7 Å². The molecular weight excluding hydrogens is 317 g/mol. The Kier molecular flexibility index (Phi) is 10.4. The Balaban J connectivity index is 2.39. The highest BCUT2D eigenvalue weighted by Crippen LogP contribution is 2.16. The minimum Gasteiger partial charge on any atom is -0.382 e. The van der Waals surface area contributed by atoms with Gasteiger partial charge in [0.05, 0.1) is 19.8 Å². The van der Waals surface area contributed by atoms with Gasteiger partial charge in [0.2, 0.25) is 0 Å². The first-order valence-corrected chi connectivity index (χ1v) is 8.88. The van der Waals surface area contributed by atoms with E-state index in [4.69, 9.17) is 9.47 Å². The van der Waals surface area contributed by atoms with Crippen molar-refractivity contribution < 1.29 is 13.9 Å². The van der Waals surface area contributed by atoms with Crippen LogP contribution in [0, 0.1) is 5.82 Å². The van der Waals surface area contributed by atoms with Crippen LogP contribution in [-0.4, -0.2) is 52.7 Å². The second-order valence-electron chi connectivity index (χ2n) is 4.80. The number of halogens is 1. The molecular formula is C16H26FN3O2S. The number of rotatable bonds is 10. The Morgan fingerprint density at radius 2 is 2.04 bits per heavy atom. The summed E-state index contributed by atoms with van der Waals surface area (Å²) in [7, 11) is 3.36. The summed E-state index contributed by atoms with van der Waals surface area (Å²) in [4.78, 5) is 4.17. The largest absolute Gasteiger partial charge is 0.382 e. The molecule has 23 heavy (non-hydrogen) atoms. The van der Waals surface area contributed by atoms with Crippen LogP contribution in [0.25, 0.3) is 0 Å². The highest BCUT2D eigenvalue weighted by molar-refractivity contribution is 7.97. The van der Waals surface area contributed by atoms with Crippen molar-refractivity contribution in [2.45, 2.75) is 12.3 Å². The number of guanidine groups is 1. The zero-order valence-corrected chi connectivity index (χ0v) is 14.8. The lowest BCUT2D eigenvalue weighted by Gasteiger charge is -2.14. The molecule has 0 unspecified atom stereocenters. The molecule has 1 aromatic carbocycles. The van der Waals surface area contributed by atoms with Crippen LogP contribution >= 0.6 is 11.8 Å². The molecule has 1 rings (SSSR count). The smallest absolute Gasteiger partial charge is 0.191 e. The fourth-order valence-electron chi connectivity index (χ4n) is 1.94. The highest BCUT2D eigenvalue weighted by atomic mass is 32.2. The molecule has 0 aliphatic heterocycles. The van der Waals surface area contributed by atoms with Gasteiger partial charge in [0, 0.05) is 33.0 Å². The fourth-order valence-corrected chi connectivity index (χ4v) is 2.52. The molecule has 5 nitrogen and oxygen atoms in total. The van der Waals surface area contributed by atoms with Gasteiger partial charge in [-0.3, -0.25) is 4.99 Å². The van der Waals surface area contributed by atoms with Gasteiger partial charge in [-0.2, -0.15) is 11.8 Å². The third kappa shape index (κ3) is 8.20. The minimum absolute atomic E-state index is 0.200. The van der Waals surface area contributed by atoms with Crippen LogP contribution in [0.15, 0.2) is 23.2 Å². The summed E-state index contributed by atoms with van der Waals surface area (Å²) in [6.45, 7) is 3.01. The maximum atomic E-state index is 13.3. The van der Waals surface area contributed by atoms with Gasteiger partial charge >= 0.3 is 0 Å². The SMILES string of the molecule is CN=C(NCCOCCOC)NCc1ccc(F)cc1CSC. The number of methoxy groups -OCH3 is 1. The molecule has 0 saturated carbocycles. The Bertz CT molecular complexity index is 486. The summed E-state index contributed by atoms with van der Waals surface area (Å²) in [6.07, 6.45) is 2.01. The van der Waals surface area contributed by atoms with E-state index >= 15 is 0 Å². The number of ether oxygens (including phenoxy) is 2. The molecule has 0 aliphatic rings. The van der Waals surface area contributed by atoms with Crippen molar-refractivity contribution in [3.63, 3.8) is 0 Å². The number of hydrogen-bond donors (Lipinski definition) is 2. The molecule has 0 radical (unpaired) electrons. The molecule has 0 amide bonds.